The molecule has 1 nitrogen and oxygen atoms in total. The van der Waals surface area contributed by atoms with Crippen molar-refractivity contribution >= 4 is 39.7 Å². The van der Waals surface area contributed by atoms with Gasteiger partial charge in [0, 0.05) is 9.13 Å². The Labute approximate surface area is 99.9 Å². The molecule has 1 aromatic heterocycles. The highest BCUT2D eigenvalue weighted by molar-refractivity contribution is 14.1. The summed E-state index contributed by atoms with van der Waals surface area (Å²) in [7, 11) is 0. The van der Waals surface area contributed by atoms with Crippen molar-refractivity contribution in [3.8, 4) is 0 Å². The van der Waals surface area contributed by atoms with Crippen LogP contribution in [0.25, 0.3) is 0 Å². The molecule has 2 aromatic rings. The Morgan fingerprint density at radius 2 is 2.07 bits per heavy atom. The number of carbonyl (C=O) groups is 1. The molecule has 0 unspecified atom stereocenters. The largest absolute Gasteiger partial charge is 0.288 e. The van der Waals surface area contributed by atoms with Gasteiger partial charge in [0.2, 0.25) is 5.78 Å². The van der Waals surface area contributed by atoms with Crippen molar-refractivity contribution in [2.45, 2.75) is 0 Å². The molecule has 0 radical (unpaired) electrons. The summed E-state index contributed by atoms with van der Waals surface area (Å²) in [4.78, 5) is 12.7. The highest BCUT2D eigenvalue weighted by atomic mass is 127. The van der Waals surface area contributed by atoms with E-state index in [0.717, 1.165) is 14.0 Å². The second kappa shape index (κ2) is 4.23. The average Bonchev–Trinajstić information content (AvgIpc) is 2.69. The quantitative estimate of drug-likeness (QED) is 0.612. The van der Waals surface area contributed by atoms with Crippen LogP contribution in [-0.4, -0.2) is 5.78 Å². The van der Waals surface area contributed by atoms with E-state index in [9.17, 15) is 4.79 Å². The fourth-order valence-corrected chi connectivity index (χ4v) is 2.41. The third kappa shape index (κ3) is 2.04. The van der Waals surface area contributed by atoms with Crippen molar-refractivity contribution < 1.29 is 4.79 Å². The van der Waals surface area contributed by atoms with Gasteiger partial charge in [0.15, 0.2) is 0 Å². The molecule has 3 heteroatoms. The van der Waals surface area contributed by atoms with E-state index in [2.05, 4.69) is 22.6 Å². The van der Waals surface area contributed by atoms with Crippen LogP contribution in [0.1, 0.15) is 15.2 Å². The lowest BCUT2D eigenvalue weighted by Gasteiger charge is -1.98. The van der Waals surface area contributed by atoms with E-state index >= 15 is 0 Å². The second-order valence-corrected chi connectivity index (χ2v) is 5.01. The molecule has 0 bridgehead atoms. The minimum atomic E-state index is 0.110. The highest BCUT2D eigenvalue weighted by Gasteiger charge is 2.09. The van der Waals surface area contributed by atoms with Crippen LogP contribution < -0.4 is 0 Å². The summed E-state index contributed by atoms with van der Waals surface area (Å²) in [6.07, 6.45) is 0. The van der Waals surface area contributed by atoms with Crippen LogP contribution in [0.4, 0.5) is 0 Å². The Morgan fingerprint density at radius 1 is 1.21 bits per heavy atom. The van der Waals surface area contributed by atoms with Crippen LogP contribution in [0.3, 0.4) is 0 Å². The number of carbonyl (C=O) groups excluding carboxylic acids is 1. The predicted molar refractivity (Wildman–Crippen MR) is 66.9 cm³/mol. The van der Waals surface area contributed by atoms with Crippen LogP contribution in [0.5, 0.6) is 0 Å². The number of rotatable bonds is 2. The zero-order valence-electron chi connectivity index (χ0n) is 7.24. The number of thiophene rings is 1. The number of ketones is 1. The van der Waals surface area contributed by atoms with Gasteiger partial charge >= 0.3 is 0 Å². The third-order valence-electron chi connectivity index (χ3n) is 1.83. The van der Waals surface area contributed by atoms with Crippen molar-refractivity contribution in [3.05, 3.63) is 55.8 Å². The van der Waals surface area contributed by atoms with E-state index in [1.165, 1.54) is 11.3 Å². The van der Waals surface area contributed by atoms with Crippen molar-refractivity contribution in [1.82, 2.24) is 0 Å². The van der Waals surface area contributed by atoms with Crippen LogP contribution in [0.2, 0.25) is 0 Å². The molecule has 0 saturated heterocycles. The van der Waals surface area contributed by atoms with Crippen LogP contribution in [0.15, 0.2) is 41.8 Å². The topological polar surface area (TPSA) is 17.1 Å². The van der Waals surface area contributed by atoms with E-state index in [1.54, 1.807) is 0 Å². The normalized spacial score (nSPS) is 10.1. The molecule has 0 fully saturated rings. The molecule has 0 N–H and O–H groups in total. The first kappa shape index (κ1) is 9.86. The van der Waals surface area contributed by atoms with Gasteiger partial charge in [-0.15, -0.1) is 11.3 Å². The predicted octanol–water partition coefficient (Wildman–Crippen LogP) is 3.58. The first-order valence-corrected chi connectivity index (χ1v) is 6.07. The number of hydrogen-bond acceptors (Lipinski definition) is 2. The third-order valence-corrected chi connectivity index (χ3v) is 3.37. The smallest absolute Gasteiger partial charge is 0.202 e. The minimum Gasteiger partial charge on any atom is -0.288 e. The molecule has 2 rings (SSSR count). The van der Waals surface area contributed by atoms with E-state index < -0.39 is 0 Å². The van der Waals surface area contributed by atoms with Crippen molar-refractivity contribution in [2.75, 3.05) is 0 Å². The molecule has 0 atom stereocenters. The van der Waals surface area contributed by atoms with E-state index in [-0.39, 0.29) is 5.78 Å². The zero-order valence-corrected chi connectivity index (χ0v) is 10.2. The summed E-state index contributed by atoms with van der Waals surface area (Å²) in [5, 5.41) is 1.92. The van der Waals surface area contributed by atoms with Gasteiger partial charge < -0.3 is 0 Å². The molecular formula is C11H7IOS. The minimum absolute atomic E-state index is 0.110. The Kier molecular flexibility index (Phi) is 2.98. The summed E-state index contributed by atoms with van der Waals surface area (Å²) in [5.41, 5.74) is 0.763. The summed E-state index contributed by atoms with van der Waals surface area (Å²) >= 11 is 3.69. The Morgan fingerprint density at radius 3 is 2.71 bits per heavy atom. The van der Waals surface area contributed by atoms with Gasteiger partial charge in [0.25, 0.3) is 0 Å². The lowest BCUT2D eigenvalue weighted by atomic mass is 10.1. The fraction of sp³-hybridized carbons (Fsp3) is 0. The average molecular weight is 314 g/mol. The van der Waals surface area contributed by atoms with E-state index in [1.807, 2.05) is 41.8 Å². The van der Waals surface area contributed by atoms with Gasteiger partial charge in [-0.05, 0) is 46.2 Å². The standard InChI is InChI=1S/C11H7IOS/c12-9-4-1-3-8(7-9)11(13)10-5-2-6-14-10/h1-7H. The molecule has 0 aliphatic carbocycles. The molecule has 1 aromatic carbocycles. The molecular weight excluding hydrogens is 307 g/mol. The lowest BCUT2D eigenvalue weighted by Crippen LogP contribution is -1.98. The van der Waals surface area contributed by atoms with Crippen LogP contribution in [-0.2, 0) is 0 Å². The van der Waals surface area contributed by atoms with Gasteiger partial charge in [-0.25, -0.2) is 0 Å². The van der Waals surface area contributed by atoms with Crippen molar-refractivity contribution in [3.63, 3.8) is 0 Å². The van der Waals surface area contributed by atoms with Crippen LogP contribution in [0, 0.1) is 3.57 Å². The van der Waals surface area contributed by atoms with Crippen molar-refractivity contribution in [2.24, 2.45) is 0 Å². The van der Waals surface area contributed by atoms with Gasteiger partial charge in [0.1, 0.15) is 0 Å². The van der Waals surface area contributed by atoms with Gasteiger partial charge in [0.05, 0.1) is 4.88 Å². The number of halogens is 1. The maximum Gasteiger partial charge on any atom is 0.202 e. The zero-order chi connectivity index (χ0) is 9.97. The molecule has 0 aliphatic rings. The Hall–Kier alpha value is -0.680. The molecule has 0 amide bonds. The molecule has 14 heavy (non-hydrogen) atoms. The molecule has 70 valence electrons. The van der Waals surface area contributed by atoms with Gasteiger partial charge in [-0.2, -0.15) is 0 Å². The highest BCUT2D eigenvalue weighted by Crippen LogP contribution is 2.16. The lowest BCUT2D eigenvalue weighted by molar-refractivity contribution is 0.104. The molecule has 0 aliphatic heterocycles. The first-order chi connectivity index (χ1) is 6.77. The van der Waals surface area contributed by atoms with Crippen molar-refractivity contribution in [1.29, 1.82) is 0 Å². The fourth-order valence-electron chi connectivity index (χ4n) is 1.18. The molecule has 0 spiro atoms. The summed E-state index contributed by atoms with van der Waals surface area (Å²) in [5.74, 6) is 0.110. The number of hydrogen-bond donors (Lipinski definition) is 0. The van der Waals surface area contributed by atoms with E-state index in [0.29, 0.717) is 0 Å². The SMILES string of the molecule is O=C(c1cccc(I)c1)c1cccs1. The second-order valence-electron chi connectivity index (χ2n) is 2.82. The summed E-state index contributed by atoms with van der Waals surface area (Å²) in [6.45, 7) is 0. The van der Waals surface area contributed by atoms with Gasteiger partial charge in [-0.1, -0.05) is 18.2 Å². The Balaban J connectivity index is 2.37. The number of benzene rings is 1. The summed E-state index contributed by atoms with van der Waals surface area (Å²) < 4.78 is 1.09. The van der Waals surface area contributed by atoms with Crippen LogP contribution >= 0.6 is 33.9 Å². The van der Waals surface area contributed by atoms with E-state index in [4.69, 9.17) is 0 Å². The molecule has 1 heterocycles. The summed E-state index contributed by atoms with van der Waals surface area (Å²) in [6, 6.07) is 11.4. The maximum absolute atomic E-state index is 11.9. The monoisotopic (exact) mass is 314 g/mol. The first-order valence-electron chi connectivity index (χ1n) is 4.11. The Bertz CT molecular complexity index is 448. The van der Waals surface area contributed by atoms with Gasteiger partial charge in [-0.3, -0.25) is 4.79 Å². The maximum atomic E-state index is 11.9. The molecule has 0 saturated carbocycles.